The molecule has 10 N–H and O–H groups in total. The third-order valence-electron chi connectivity index (χ3n) is 5.96. The summed E-state index contributed by atoms with van der Waals surface area (Å²) in [5, 5.41) is 84.7. The molecule has 2 saturated heterocycles. The van der Waals surface area contributed by atoms with E-state index in [2.05, 4.69) is 10.6 Å². The lowest BCUT2D eigenvalue weighted by molar-refractivity contribution is -0.0776. The number of ether oxygens (including phenoxy) is 2. The maximum absolute atomic E-state index is 10.3. The molecule has 0 amide bonds. The monoisotopic (exact) mass is 460 g/mol. The molecule has 0 unspecified atom stereocenters. The van der Waals surface area contributed by atoms with Crippen LogP contribution in [0, 0.1) is 13.8 Å². The van der Waals surface area contributed by atoms with E-state index in [0.717, 1.165) is 11.1 Å². The van der Waals surface area contributed by atoms with Crippen LogP contribution in [0.25, 0.3) is 0 Å². The summed E-state index contributed by atoms with van der Waals surface area (Å²) in [6.07, 6.45) is -13.1. The van der Waals surface area contributed by atoms with E-state index in [0.29, 0.717) is 11.4 Å². The van der Waals surface area contributed by atoms with Gasteiger partial charge in [0, 0.05) is 0 Å². The lowest BCUT2D eigenvalue weighted by atomic mass is 10.0. The molecule has 0 radical (unpaired) electrons. The van der Waals surface area contributed by atoms with Crippen LogP contribution in [0.1, 0.15) is 11.1 Å². The van der Waals surface area contributed by atoms with Crippen molar-refractivity contribution in [3.63, 3.8) is 0 Å². The number of anilines is 2. The molecule has 2 heterocycles. The molecule has 0 spiro atoms. The molecule has 2 aliphatic heterocycles. The molecular formula is C20H32N2O10. The van der Waals surface area contributed by atoms with E-state index in [1.165, 1.54) is 0 Å². The minimum absolute atomic E-state index is 0.403. The van der Waals surface area contributed by atoms with Gasteiger partial charge in [0.05, 0.1) is 24.6 Å². The molecule has 32 heavy (non-hydrogen) atoms. The molecule has 2 fully saturated rings. The fourth-order valence-corrected chi connectivity index (χ4v) is 3.85. The Morgan fingerprint density at radius 1 is 0.719 bits per heavy atom. The lowest BCUT2D eigenvalue weighted by Gasteiger charge is -2.25. The smallest absolute Gasteiger partial charge is 0.157 e. The van der Waals surface area contributed by atoms with Crippen molar-refractivity contribution in [1.29, 1.82) is 0 Å². The molecule has 1 aromatic rings. The molecule has 2 aliphatic rings. The van der Waals surface area contributed by atoms with Crippen molar-refractivity contribution in [3.8, 4) is 0 Å². The minimum Gasteiger partial charge on any atom is -0.394 e. The Labute approximate surface area is 184 Å². The summed E-state index contributed by atoms with van der Waals surface area (Å²) in [5.74, 6) is 0. The molecule has 12 heteroatoms. The van der Waals surface area contributed by atoms with E-state index < -0.39 is 74.5 Å². The van der Waals surface area contributed by atoms with Gasteiger partial charge in [0.1, 0.15) is 48.8 Å². The van der Waals surface area contributed by atoms with Gasteiger partial charge in [0.15, 0.2) is 12.5 Å². The van der Waals surface area contributed by atoms with Gasteiger partial charge in [-0.1, -0.05) is 0 Å². The van der Waals surface area contributed by atoms with Crippen LogP contribution < -0.4 is 10.6 Å². The van der Waals surface area contributed by atoms with Gasteiger partial charge in [-0.2, -0.15) is 0 Å². The Morgan fingerprint density at radius 3 is 1.38 bits per heavy atom. The Bertz CT molecular complexity index is 720. The van der Waals surface area contributed by atoms with Crippen LogP contribution in [0.5, 0.6) is 0 Å². The zero-order valence-electron chi connectivity index (χ0n) is 17.7. The predicted octanol–water partition coefficient (Wildman–Crippen LogP) is -3.27. The highest BCUT2D eigenvalue weighted by Crippen LogP contribution is 2.33. The van der Waals surface area contributed by atoms with E-state index in [1.807, 2.05) is 13.8 Å². The predicted molar refractivity (Wildman–Crippen MR) is 111 cm³/mol. The highest BCUT2D eigenvalue weighted by molar-refractivity contribution is 5.71. The highest BCUT2D eigenvalue weighted by Gasteiger charge is 2.47. The molecule has 0 aromatic heterocycles. The van der Waals surface area contributed by atoms with Gasteiger partial charge in [-0.15, -0.1) is 0 Å². The number of benzene rings is 1. The first-order chi connectivity index (χ1) is 15.1. The average molecular weight is 460 g/mol. The van der Waals surface area contributed by atoms with Crippen molar-refractivity contribution in [2.75, 3.05) is 23.8 Å². The third-order valence-corrected chi connectivity index (χ3v) is 5.96. The summed E-state index contributed by atoms with van der Waals surface area (Å²) >= 11 is 0. The number of hydrogen-bond acceptors (Lipinski definition) is 12. The van der Waals surface area contributed by atoms with Crippen LogP contribution in [0.2, 0.25) is 0 Å². The summed E-state index contributed by atoms with van der Waals surface area (Å²) in [5.41, 5.74) is 2.55. The third kappa shape index (κ3) is 4.84. The van der Waals surface area contributed by atoms with Crippen molar-refractivity contribution >= 4 is 11.4 Å². The Morgan fingerprint density at radius 2 is 1.06 bits per heavy atom. The van der Waals surface area contributed by atoms with Crippen LogP contribution in [0.3, 0.4) is 0 Å². The van der Waals surface area contributed by atoms with Crippen LogP contribution in [-0.4, -0.2) is 115 Å². The van der Waals surface area contributed by atoms with Crippen LogP contribution in [0.4, 0.5) is 11.4 Å². The zero-order chi connectivity index (χ0) is 23.7. The van der Waals surface area contributed by atoms with Gasteiger partial charge in [0.2, 0.25) is 0 Å². The first kappa shape index (κ1) is 25.1. The van der Waals surface area contributed by atoms with Crippen LogP contribution in [0.15, 0.2) is 12.1 Å². The maximum atomic E-state index is 10.3. The summed E-state index contributed by atoms with van der Waals surface area (Å²) in [7, 11) is 0. The first-order valence-electron chi connectivity index (χ1n) is 10.3. The van der Waals surface area contributed by atoms with Gasteiger partial charge < -0.3 is 61.0 Å². The summed E-state index contributed by atoms with van der Waals surface area (Å²) in [6, 6.07) is 3.46. The quantitative estimate of drug-likeness (QED) is 0.186. The second-order valence-corrected chi connectivity index (χ2v) is 8.28. The molecule has 3 rings (SSSR count). The van der Waals surface area contributed by atoms with E-state index >= 15 is 0 Å². The van der Waals surface area contributed by atoms with Gasteiger partial charge in [0.25, 0.3) is 0 Å². The van der Waals surface area contributed by atoms with Gasteiger partial charge >= 0.3 is 0 Å². The number of rotatable bonds is 8. The van der Waals surface area contributed by atoms with Gasteiger partial charge in [-0.3, -0.25) is 0 Å². The molecule has 12 nitrogen and oxygen atoms in total. The van der Waals surface area contributed by atoms with Crippen molar-refractivity contribution in [2.45, 2.75) is 75.1 Å². The lowest BCUT2D eigenvalue weighted by Crippen LogP contribution is -2.41. The average Bonchev–Trinajstić information content (AvgIpc) is 3.21. The fourth-order valence-electron chi connectivity index (χ4n) is 3.85. The fraction of sp³-hybridized carbons (Fsp3) is 0.700. The number of aryl methyl sites for hydroxylation is 2. The van der Waals surface area contributed by atoms with E-state index in [1.54, 1.807) is 12.1 Å². The summed E-state index contributed by atoms with van der Waals surface area (Å²) in [6.45, 7) is 2.39. The van der Waals surface area contributed by atoms with Crippen molar-refractivity contribution in [2.24, 2.45) is 0 Å². The van der Waals surface area contributed by atoms with Gasteiger partial charge in [-0.25, -0.2) is 0 Å². The summed E-state index contributed by atoms with van der Waals surface area (Å²) < 4.78 is 11.0. The summed E-state index contributed by atoms with van der Waals surface area (Å²) in [4.78, 5) is 0. The Hall–Kier alpha value is -1.58. The van der Waals surface area contributed by atoms with Crippen LogP contribution in [-0.2, 0) is 9.47 Å². The molecule has 10 atom stereocenters. The van der Waals surface area contributed by atoms with Gasteiger partial charge in [-0.05, 0) is 37.1 Å². The molecule has 0 saturated carbocycles. The number of aliphatic hydroxyl groups excluding tert-OH is 8. The van der Waals surface area contributed by atoms with E-state index in [4.69, 9.17) is 19.7 Å². The molecule has 0 bridgehead atoms. The Kier molecular flexibility index (Phi) is 7.93. The van der Waals surface area contributed by atoms with Crippen LogP contribution >= 0.6 is 0 Å². The van der Waals surface area contributed by atoms with Crippen molar-refractivity contribution in [1.82, 2.24) is 0 Å². The second-order valence-electron chi connectivity index (χ2n) is 8.28. The SMILES string of the molecule is Cc1cc(N[C@@H]2O[C@H]([C@H](O)CO)[C@H](O)[C@H]2O)c(N[C@@H]2O[C@@H]([C@H](O)CO)[C@@H](O)[C@@H]2O)cc1C. The van der Waals surface area contributed by atoms with Crippen molar-refractivity contribution in [3.05, 3.63) is 23.3 Å². The standard InChI is InChI=1S/C20H32N2O10/c1-7-3-9(21-19-15(29)13(27)17(31-19)11(25)5-23)10(4-8(7)2)22-20-16(30)14(28)18(32-20)12(26)6-24/h3-4,11-30H,5-6H2,1-2H3/t11-,12-,13-,14+,15-,16+,17-,18+,19-,20-/m1/s1. The topological polar surface area (TPSA) is 204 Å². The second kappa shape index (κ2) is 10.1. The maximum Gasteiger partial charge on any atom is 0.157 e. The van der Waals surface area contributed by atoms with Crippen molar-refractivity contribution < 1.29 is 50.3 Å². The van der Waals surface area contributed by atoms with E-state index in [9.17, 15) is 30.6 Å². The minimum atomic E-state index is -1.44. The molecule has 1 aromatic carbocycles. The zero-order valence-corrected chi connectivity index (χ0v) is 17.7. The number of hydrogen-bond donors (Lipinski definition) is 10. The van der Waals surface area contributed by atoms with E-state index in [-0.39, 0.29) is 0 Å². The molecule has 182 valence electrons. The largest absolute Gasteiger partial charge is 0.394 e. The first-order valence-corrected chi connectivity index (χ1v) is 10.3. The molecular weight excluding hydrogens is 428 g/mol. The number of nitrogens with one attached hydrogen (secondary N) is 2. The molecule has 0 aliphatic carbocycles. The normalized spacial score (nSPS) is 36.8. The Balaban J connectivity index is 1.81. The number of aliphatic hydroxyl groups is 8. The highest BCUT2D eigenvalue weighted by atomic mass is 16.6.